The second kappa shape index (κ2) is 10.3. The Labute approximate surface area is 167 Å². The van der Waals surface area contributed by atoms with Crippen molar-refractivity contribution < 1.29 is 14.6 Å². The van der Waals surface area contributed by atoms with Crippen LogP contribution in [0.15, 0.2) is 6.20 Å². The summed E-state index contributed by atoms with van der Waals surface area (Å²) in [5, 5.41) is 21.4. The summed E-state index contributed by atoms with van der Waals surface area (Å²) in [6, 6.07) is -0.127. The number of rotatable bonds is 8. The summed E-state index contributed by atoms with van der Waals surface area (Å²) in [4.78, 5) is 13.8. The van der Waals surface area contributed by atoms with E-state index in [4.69, 9.17) is 4.74 Å². The SMILES string of the molecule is CN(C)CC(=O)N[C@@H]1CC[C@@H](CCn2cc(C3CCCCC3)nn2)O[C@H]1CO. The maximum Gasteiger partial charge on any atom is 0.234 e. The second-order valence-corrected chi connectivity index (χ2v) is 8.50. The molecule has 2 fully saturated rings. The fraction of sp³-hybridized carbons (Fsp3) is 0.850. The Kier molecular flexibility index (Phi) is 7.82. The van der Waals surface area contributed by atoms with Crippen LogP contribution in [-0.4, -0.2) is 76.4 Å². The van der Waals surface area contributed by atoms with Crippen LogP contribution in [0.1, 0.15) is 63.0 Å². The summed E-state index contributed by atoms with van der Waals surface area (Å²) >= 11 is 0. The van der Waals surface area contributed by atoms with E-state index < -0.39 is 0 Å². The monoisotopic (exact) mass is 393 g/mol. The normalized spacial score (nSPS) is 26.5. The average molecular weight is 394 g/mol. The lowest BCUT2D eigenvalue weighted by Gasteiger charge is -2.36. The van der Waals surface area contributed by atoms with E-state index in [9.17, 15) is 9.90 Å². The molecule has 3 atom stereocenters. The van der Waals surface area contributed by atoms with Crippen molar-refractivity contribution in [3.05, 3.63) is 11.9 Å². The van der Waals surface area contributed by atoms with Crippen molar-refractivity contribution in [2.24, 2.45) is 0 Å². The summed E-state index contributed by atoms with van der Waals surface area (Å²) in [6.45, 7) is 1.02. The standard InChI is InChI=1S/C20H35N5O3/c1-24(2)13-20(27)21-17-9-8-16(28-19(17)14-26)10-11-25-12-18(22-23-25)15-6-4-3-5-7-15/h12,15-17,19,26H,3-11,13-14H2,1-2H3,(H,21,27)/t16-,17+,19-/m0/s1. The van der Waals surface area contributed by atoms with E-state index in [1.165, 1.54) is 32.1 Å². The second-order valence-electron chi connectivity index (χ2n) is 8.50. The zero-order chi connectivity index (χ0) is 19.9. The Balaban J connectivity index is 1.44. The topological polar surface area (TPSA) is 92.5 Å². The van der Waals surface area contributed by atoms with Gasteiger partial charge >= 0.3 is 0 Å². The van der Waals surface area contributed by atoms with Gasteiger partial charge in [0, 0.05) is 18.7 Å². The van der Waals surface area contributed by atoms with Gasteiger partial charge in [0.2, 0.25) is 5.91 Å². The molecule has 1 aliphatic carbocycles. The highest BCUT2D eigenvalue weighted by Crippen LogP contribution is 2.31. The number of aryl methyl sites for hydroxylation is 1. The van der Waals surface area contributed by atoms with Crippen LogP contribution >= 0.6 is 0 Å². The third-order valence-electron chi connectivity index (χ3n) is 5.86. The molecule has 3 rings (SSSR count). The van der Waals surface area contributed by atoms with Gasteiger partial charge in [-0.05, 0) is 46.2 Å². The number of carbonyl (C=O) groups is 1. The van der Waals surface area contributed by atoms with Gasteiger partial charge in [-0.2, -0.15) is 0 Å². The number of aromatic nitrogens is 3. The van der Waals surface area contributed by atoms with E-state index in [1.807, 2.05) is 23.7 Å². The highest BCUT2D eigenvalue weighted by molar-refractivity contribution is 5.78. The number of ether oxygens (including phenoxy) is 1. The molecule has 0 spiro atoms. The number of amides is 1. The van der Waals surface area contributed by atoms with Gasteiger partial charge in [-0.1, -0.05) is 24.5 Å². The number of hydrogen-bond donors (Lipinski definition) is 2. The molecule has 2 N–H and O–H groups in total. The number of nitrogens with zero attached hydrogens (tertiary/aromatic N) is 4. The number of aliphatic hydroxyl groups is 1. The molecule has 2 heterocycles. The van der Waals surface area contributed by atoms with Crippen molar-refractivity contribution in [2.45, 2.75) is 82.1 Å². The zero-order valence-corrected chi connectivity index (χ0v) is 17.2. The molecule has 0 unspecified atom stereocenters. The molecule has 1 saturated heterocycles. The lowest BCUT2D eigenvalue weighted by atomic mass is 9.87. The van der Waals surface area contributed by atoms with Crippen molar-refractivity contribution >= 4 is 5.91 Å². The summed E-state index contributed by atoms with van der Waals surface area (Å²) in [5.41, 5.74) is 1.13. The quantitative estimate of drug-likeness (QED) is 0.692. The van der Waals surface area contributed by atoms with Crippen LogP contribution in [0.3, 0.4) is 0 Å². The highest BCUT2D eigenvalue weighted by Gasteiger charge is 2.31. The number of nitrogens with one attached hydrogen (secondary N) is 1. The van der Waals surface area contributed by atoms with Gasteiger partial charge in [0.15, 0.2) is 0 Å². The first-order chi connectivity index (χ1) is 13.5. The molecule has 158 valence electrons. The van der Waals surface area contributed by atoms with Gasteiger partial charge in [0.25, 0.3) is 0 Å². The third kappa shape index (κ3) is 5.99. The van der Waals surface area contributed by atoms with Crippen LogP contribution in [0.5, 0.6) is 0 Å². The van der Waals surface area contributed by atoms with E-state index in [-0.39, 0.29) is 30.8 Å². The minimum atomic E-state index is -0.349. The summed E-state index contributed by atoms with van der Waals surface area (Å²) in [6.07, 6.45) is 10.7. The lowest BCUT2D eigenvalue weighted by Crippen LogP contribution is -2.52. The van der Waals surface area contributed by atoms with Crippen LogP contribution < -0.4 is 5.32 Å². The van der Waals surface area contributed by atoms with Gasteiger partial charge in [-0.3, -0.25) is 9.48 Å². The number of carbonyl (C=O) groups excluding carboxylic acids is 1. The van der Waals surface area contributed by atoms with Gasteiger partial charge in [0.1, 0.15) is 6.10 Å². The molecular weight excluding hydrogens is 358 g/mol. The molecule has 2 aliphatic rings. The van der Waals surface area contributed by atoms with Crippen molar-refractivity contribution in [1.29, 1.82) is 0 Å². The summed E-state index contributed by atoms with van der Waals surface area (Å²) in [5.74, 6) is 0.534. The minimum absolute atomic E-state index is 0.0339. The largest absolute Gasteiger partial charge is 0.394 e. The van der Waals surface area contributed by atoms with Gasteiger partial charge in [-0.15, -0.1) is 5.10 Å². The molecule has 0 aromatic carbocycles. The summed E-state index contributed by atoms with van der Waals surface area (Å²) < 4.78 is 7.98. The first-order valence-electron chi connectivity index (χ1n) is 10.7. The number of likely N-dealkylation sites (N-methyl/N-ethyl adjacent to an activating group) is 1. The Bertz CT molecular complexity index is 615. The fourth-order valence-corrected chi connectivity index (χ4v) is 4.33. The highest BCUT2D eigenvalue weighted by atomic mass is 16.5. The molecule has 0 radical (unpaired) electrons. The van der Waals surface area contributed by atoms with Crippen molar-refractivity contribution in [3.8, 4) is 0 Å². The molecule has 8 heteroatoms. The van der Waals surface area contributed by atoms with E-state index in [2.05, 4.69) is 21.8 Å². The van der Waals surface area contributed by atoms with Crippen LogP contribution in [0, 0.1) is 0 Å². The fourth-order valence-electron chi connectivity index (χ4n) is 4.33. The van der Waals surface area contributed by atoms with E-state index in [0.29, 0.717) is 12.5 Å². The maximum atomic E-state index is 12.0. The smallest absolute Gasteiger partial charge is 0.234 e. The molecule has 1 aliphatic heterocycles. The molecule has 1 saturated carbocycles. The number of aliphatic hydroxyl groups excluding tert-OH is 1. The summed E-state index contributed by atoms with van der Waals surface area (Å²) in [7, 11) is 3.72. The predicted octanol–water partition coefficient (Wildman–Crippen LogP) is 1.30. The molecule has 0 bridgehead atoms. The van der Waals surface area contributed by atoms with Crippen molar-refractivity contribution in [1.82, 2.24) is 25.2 Å². The molecular formula is C20H35N5O3. The van der Waals surface area contributed by atoms with Crippen molar-refractivity contribution in [2.75, 3.05) is 27.2 Å². The third-order valence-corrected chi connectivity index (χ3v) is 5.86. The molecule has 1 aromatic rings. The van der Waals surface area contributed by atoms with Gasteiger partial charge < -0.3 is 20.1 Å². The molecule has 8 nitrogen and oxygen atoms in total. The Morgan fingerprint density at radius 2 is 2.07 bits per heavy atom. The number of hydrogen-bond acceptors (Lipinski definition) is 6. The zero-order valence-electron chi connectivity index (χ0n) is 17.2. The first kappa shape index (κ1) is 21.2. The molecule has 1 aromatic heterocycles. The Morgan fingerprint density at radius 1 is 1.29 bits per heavy atom. The molecule has 28 heavy (non-hydrogen) atoms. The van der Waals surface area contributed by atoms with E-state index in [1.54, 1.807) is 0 Å². The van der Waals surface area contributed by atoms with Gasteiger partial charge in [0.05, 0.1) is 31.0 Å². The predicted molar refractivity (Wildman–Crippen MR) is 106 cm³/mol. The van der Waals surface area contributed by atoms with Crippen LogP contribution in [0.25, 0.3) is 0 Å². The molecule has 1 amide bonds. The van der Waals surface area contributed by atoms with Crippen LogP contribution in [0.4, 0.5) is 0 Å². The lowest BCUT2D eigenvalue weighted by molar-refractivity contribution is -0.129. The minimum Gasteiger partial charge on any atom is -0.394 e. The van der Waals surface area contributed by atoms with Crippen LogP contribution in [0.2, 0.25) is 0 Å². The van der Waals surface area contributed by atoms with Crippen molar-refractivity contribution in [3.63, 3.8) is 0 Å². The van der Waals surface area contributed by atoms with E-state index >= 15 is 0 Å². The average Bonchev–Trinajstić information content (AvgIpc) is 3.16. The van der Waals surface area contributed by atoms with Gasteiger partial charge in [-0.25, -0.2) is 0 Å². The first-order valence-corrected chi connectivity index (χ1v) is 10.7. The van der Waals surface area contributed by atoms with E-state index in [0.717, 1.165) is 31.5 Å². The maximum absolute atomic E-state index is 12.0. The Morgan fingerprint density at radius 3 is 2.79 bits per heavy atom. The van der Waals surface area contributed by atoms with Crippen LogP contribution in [-0.2, 0) is 16.1 Å². The Hall–Kier alpha value is -1.51.